The molecule has 0 fully saturated rings. The molecule has 0 saturated heterocycles. The molecule has 3 nitrogen and oxygen atoms in total. The Hall–Kier alpha value is -2.81. The molecule has 0 spiro atoms. The van der Waals surface area contributed by atoms with E-state index in [0.717, 1.165) is 33.4 Å². The fraction of sp³-hybridized carbons (Fsp3) is 0.150. The van der Waals surface area contributed by atoms with Crippen molar-refractivity contribution in [3.63, 3.8) is 0 Å². The van der Waals surface area contributed by atoms with Crippen LogP contribution in [-0.2, 0) is 4.79 Å². The highest BCUT2D eigenvalue weighted by Crippen LogP contribution is 2.48. The van der Waals surface area contributed by atoms with Crippen molar-refractivity contribution in [2.24, 2.45) is 0 Å². The first kappa shape index (κ1) is 13.8. The van der Waals surface area contributed by atoms with Crippen molar-refractivity contribution in [2.45, 2.75) is 18.8 Å². The van der Waals surface area contributed by atoms with E-state index >= 15 is 0 Å². The van der Waals surface area contributed by atoms with Crippen molar-refractivity contribution >= 4 is 16.7 Å². The topological polar surface area (TPSA) is 46.5 Å². The summed E-state index contributed by atoms with van der Waals surface area (Å²) in [6.45, 7) is 0. The van der Waals surface area contributed by atoms with Gasteiger partial charge in [-0.15, -0.1) is 0 Å². The summed E-state index contributed by atoms with van der Waals surface area (Å²) in [5.41, 5.74) is 2.14. The first-order valence-electron chi connectivity index (χ1n) is 7.74. The number of ether oxygens (including phenoxy) is 1. The van der Waals surface area contributed by atoms with Gasteiger partial charge in [0.15, 0.2) is 0 Å². The molecule has 0 saturated carbocycles. The van der Waals surface area contributed by atoms with E-state index in [2.05, 4.69) is 24.3 Å². The van der Waals surface area contributed by atoms with E-state index in [9.17, 15) is 4.79 Å². The van der Waals surface area contributed by atoms with Crippen LogP contribution in [0.1, 0.15) is 29.9 Å². The molecule has 3 aromatic rings. The summed E-state index contributed by atoms with van der Waals surface area (Å²) in [5, 5.41) is 11.3. The van der Waals surface area contributed by atoms with E-state index in [4.69, 9.17) is 9.84 Å². The number of carbonyl (C=O) groups is 1. The molecule has 114 valence electrons. The van der Waals surface area contributed by atoms with E-state index < -0.39 is 5.97 Å². The minimum atomic E-state index is -0.767. The van der Waals surface area contributed by atoms with Crippen LogP contribution in [0.2, 0.25) is 0 Å². The molecule has 3 aromatic carbocycles. The van der Waals surface area contributed by atoms with Crippen LogP contribution in [0.4, 0.5) is 0 Å². The fourth-order valence-corrected chi connectivity index (χ4v) is 3.37. The summed E-state index contributed by atoms with van der Waals surface area (Å²) >= 11 is 0. The summed E-state index contributed by atoms with van der Waals surface area (Å²) in [6.07, 6.45) is 0.715. The number of benzene rings is 3. The SMILES string of the molecule is O=C(O)CCC1c2ccccc2Oc2c1ccc1ccccc21. The normalized spacial score (nSPS) is 15.6. The highest BCUT2D eigenvalue weighted by atomic mass is 16.5. The molecule has 0 radical (unpaired) electrons. The van der Waals surface area contributed by atoms with Crippen LogP contribution in [0.25, 0.3) is 10.8 Å². The lowest BCUT2D eigenvalue weighted by molar-refractivity contribution is -0.137. The monoisotopic (exact) mass is 304 g/mol. The standard InChI is InChI=1S/C20H16O3/c21-19(22)12-11-15-16-7-3-4-8-18(16)23-20-14-6-2-1-5-13(14)9-10-17(15)20/h1-10,15H,11-12H2,(H,21,22). The Labute approximate surface area is 134 Å². The number of para-hydroxylation sites is 1. The third-order valence-corrected chi connectivity index (χ3v) is 4.44. The minimum absolute atomic E-state index is 0.0515. The molecule has 1 unspecified atom stereocenters. The maximum Gasteiger partial charge on any atom is 0.303 e. The van der Waals surface area contributed by atoms with Gasteiger partial charge in [-0.25, -0.2) is 0 Å². The number of fused-ring (bicyclic) bond motifs is 4. The molecule has 1 heterocycles. The maximum atomic E-state index is 11.0. The first-order valence-corrected chi connectivity index (χ1v) is 7.74. The van der Waals surface area contributed by atoms with E-state index in [1.807, 2.05) is 36.4 Å². The Morgan fingerprint density at radius 2 is 1.74 bits per heavy atom. The van der Waals surface area contributed by atoms with Gasteiger partial charge < -0.3 is 9.84 Å². The van der Waals surface area contributed by atoms with Crippen LogP contribution in [-0.4, -0.2) is 11.1 Å². The van der Waals surface area contributed by atoms with Gasteiger partial charge in [0.2, 0.25) is 0 Å². The van der Waals surface area contributed by atoms with E-state index in [0.29, 0.717) is 6.42 Å². The molecule has 1 aliphatic heterocycles. The van der Waals surface area contributed by atoms with E-state index in [1.54, 1.807) is 0 Å². The second-order valence-electron chi connectivity index (χ2n) is 5.83. The Balaban J connectivity index is 1.90. The molecule has 0 aliphatic carbocycles. The zero-order valence-corrected chi connectivity index (χ0v) is 12.5. The molecular formula is C20H16O3. The van der Waals surface area contributed by atoms with Gasteiger partial charge in [0.1, 0.15) is 11.5 Å². The molecule has 0 aromatic heterocycles. The number of hydrogen-bond donors (Lipinski definition) is 1. The lowest BCUT2D eigenvalue weighted by atomic mass is 9.83. The summed E-state index contributed by atoms with van der Waals surface area (Å²) in [4.78, 5) is 11.0. The van der Waals surface area contributed by atoms with Crippen LogP contribution in [0, 0.1) is 0 Å². The van der Waals surface area contributed by atoms with Gasteiger partial charge in [0.25, 0.3) is 0 Å². The van der Waals surface area contributed by atoms with Gasteiger partial charge in [0, 0.05) is 28.9 Å². The van der Waals surface area contributed by atoms with Crippen molar-refractivity contribution in [1.29, 1.82) is 0 Å². The van der Waals surface area contributed by atoms with Crippen molar-refractivity contribution < 1.29 is 14.6 Å². The Kier molecular flexibility index (Phi) is 3.27. The molecule has 0 bridgehead atoms. The number of carboxylic acid groups (broad SMARTS) is 1. The predicted molar refractivity (Wildman–Crippen MR) is 89.2 cm³/mol. The molecule has 0 amide bonds. The second-order valence-corrected chi connectivity index (χ2v) is 5.83. The lowest BCUT2D eigenvalue weighted by Gasteiger charge is -2.29. The summed E-state index contributed by atoms with van der Waals surface area (Å²) < 4.78 is 6.18. The maximum absolute atomic E-state index is 11.0. The average Bonchev–Trinajstić information content (AvgIpc) is 2.58. The molecule has 23 heavy (non-hydrogen) atoms. The zero-order chi connectivity index (χ0) is 15.8. The molecule has 1 atom stereocenters. The van der Waals surface area contributed by atoms with E-state index in [1.165, 1.54) is 0 Å². The quantitative estimate of drug-likeness (QED) is 0.745. The van der Waals surface area contributed by atoms with Gasteiger partial charge in [-0.3, -0.25) is 4.79 Å². The molecule has 1 aliphatic rings. The van der Waals surface area contributed by atoms with Crippen LogP contribution < -0.4 is 4.74 Å². The van der Waals surface area contributed by atoms with Crippen molar-refractivity contribution in [3.05, 3.63) is 71.8 Å². The number of hydrogen-bond acceptors (Lipinski definition) is 2. The van der Waals surface area contributed by atoms with E-state index in [-0.39, 0.29) is 12.3 Å². The van der Waals surface area contributed by atoms with Gasteiger partial charge in [-0.05, 0) is 17.9 Å². The average molecular weight is 304 g/mol. The number of rotatable bonds is 3. The van der Waals surface area contributed by atoms with Gasteiger partial charge in [-0.2, -0.15) is 0 Å². The molecule has 3 heteroatoms. The van der Waals surface area contributed by atoms with Crippen molar-refractivity contribution in [2.75, 3.05) is 0 Å². The fourth-order valence-electron chi connectivity index (χ4n) is 3.37. The lowest BCUT2D eigenvalue weighted by Crippen LogP contribution is -2.12. The van der Waals surface area contributed by atoms with Crippen LogP contribution in [0.5, 0.6) is 11.5 Å². The molecule has 1 N–H and O–H groups in total. The number of aliphatic carboxylic acids is 1. The smallest absolute Gasteiger partial charge is 0.303 e. The zero-order valence-electron chi connectivity index (χ0n) is 12.5. The van der Waals surface area contributed by atoms with Crippen LogP contribution in [0.3, 0.4) is 0 Å². The first-order chi connectivity index (χ1) is 11.2. The Morgan fingerprint density at radius 1 is 0.957 bits per heavy atom. The Morgan fingerprint density at radius 3 is 2.61 bits per heavy atom. The summed E-state index contributed by atoms with van der Waals surface area (Å²) in [5.74, 6) is 0.968. The van der Waals surface area contributed by atoms with Gasteiger partial charge >= 0.3 is 5.97 Å². The third kappa shape index (κ3) is 2.34. The molecule has 4 rings (SSSR count). The summed E-state index contributed by atoms with van der Waals surface area (Å²) in [6, 6.07) is 20.2. The highest BCUT2D eigenvalue weighted by molar-refractivity contribution is 5.91. The second kappa shape index (κ2) is 5.43. The van der Waals surface area contributed by atoms with Crippen molar-refractivity contribution in [1.82, 2.24) is 0 Å². The van der Waals surface area contributed by atoms with Crippen molar-refractivity contribution in [3.8, 4) is 11.5 Å². The van der Waals surface area contributed by atoms with Crippen LogP contribution >= 0.6 is 0 Å². The largest absolute Gasteiger partial charge is 0.481 e. The highest BCUT2D eigenvalue weighted by Gasteiger charge is 2.28. The third-order valence-electron chi connectivity index (χ3n) is 4.44. The Bertz CT molecular complexity index is 898. The van der Waals surface area contributed by atoms with Gasteiger partial charge in [-0.1, -0.05) is 54.6 Å². The summed E-state index contributed by atoms with van der Waals surface area (Å²) in [7, 11) is 0. The minimum Gasteiger partial charge on any atom is -0.481 e. The number of carboxylic acids is 1. The predicted octanol–water partition coefficient (Wildman–Crippen LogP) is 4.94. The van der Waals surface area contributed by atoms with Crippen LogP contribution in [0.15, 0.2) is 60.7 Å². The van der Waals surface area contributed by atoms with Gasteiger partial charge in [0.05, 0.1) is 0 Å². The molecular weight excluding hydrogens is 288 g/mol.